The number of rotatable bonds is 3. The summed E-state index contributed by atoms with van der Waals surface area (Å²) in [5, 5.41) is 9.56. The first-order valence-electron chi connectivity index (χ1n) is 4.70. The predicted octanol–water partition coefficient (Wildman–Crippen LogP) is 1.19. The summed E-state index contributed by atoms with van der Waals surface area (Å²) in [4.78, 5) is 4.18. The molecular weight excluding hydrogens is 192 g/mol. The lowest BCUT2D eigenvalue weighted by molar-refractivity contribution is 0.203. The second kappa shape index (κ2) is 4.14. The average molecular weight is 204 g/mol. The second-order valence-corrected chi connectivity index (χ2v) is 3.12. The number of aliphatic hydroxyl groups is 1. The summed E-state index contributed by atoms with van der Waals surface area (Å²) in [5.41, 5.74) is 7.14. The first kappa shape index (κ1) is 9.73. The second-order valence-electron chi connectivity index (χ2n) is 3.12. The van der Waals surface area contributed by atoms with Crippen molar-refractivity contribution in [2.45, 2.75) is 0 Å². The summed E-state index contributed by atoms with van der Waals surface area (Å²) >= 11 is 0. The van der Waals surface area contributed by atoms with E-state index in [0.717, 1.165) is 10.9 Å². The molecule has 0 saturated carbocycles. The molecule has 0 amide bonds. The molecule has 2 aromatic rings. The van der Waals surface area contributed by atoms with Gasteiger partial charge in [-0.05, 0) is 24.3 Å². The molecule has 2 rings (SSSR count). The van der Waals surface area contributed by atoms with Crippen molar-refractivity contribution in [2.24, 2.45) is 0 Å². The number of anilines is 1. The highest BCUT2D eigenvalue weighted by Crippen LogP contribution is 2.27. The van der Waals surface area contributed by atoms with Crippen LogP contribution in [0.5, 0.6) is 5.75 Å². The van der Waals surface area contributed by atoms with Crippen LogP contribution in [-0.2, 0) is 0 Å². The molecule has 4 nitrogen and oxygen atoms in total. The summed E-state index contributed by atoms with van der Waals surface area (Å²) in [6.45, 7) is 0.264. The number of hydrogen-bond acceptors (Lipinski definition) is 4. The Hall–Kier alpha value is -1.81. The van der Waals surface area contributed by atoms with Gasteiger partial charge in [0, 0.05) is 11.6 Å². The van der Waals surface area contributed by atoms with E-state index < -0.39 is 0 Å². The highest BCUT2D eigenvalue weighted by Gasteiger charge is 2.04. The van der Waals surface area contributed by atoms with E-state index in [2.05, 4.69) is 4.98 Å². The summed E-state index contributed by atoms with van der Waals surface area (Å²) in [6.07, 6.45) is 1.69. The minimum atomic E-state index is -0.00781. The van der Waals surface area contributed by atoms with Gasteiger partial charge in [-0.3, -0.25) is 4.98 Å². The number of nitrogens with two attached hydrogens (primary N) is 1. The van der Waals surface area contributed by atoms with Gasteiger partial charge in [-0.1, -0.05) is 0 Å². The number of fused-ring (bicyclic) bond motifs is 1. The Morgan fingerprint density at radius 3 is 3.00 bits per heavy atom. The lowest BCUT2D eigenvalue weighted by atomic mass is 10.2. The van der Waals surface area contributed by atoms with E-state index in [0.29, 0.717) is 11.4 Å². The predicted molar refractivity (Wildman–Crippen MR) is 58.7 cm³/mol. The molecule has 1 aromatic heterocycles. The molecule has 1 heterocycles. The number of aromatic nitrogens is 1. The van der Waals surface area contributed by atoms with Crippen LogP contribution in [-0.4, -0.2) is 23.3 Å². The Morgan fingerprint density at radius 2 is 2.20 bits per heavy atom. The fourth-order valence-electron chi connectivity index (χ4n) is 1.45. The molecule has 0 radical (unpaired) electrons. The van der Waals surface area contributed by atoms with E-state index >= 15 is 0 Å². The van der Waals surface area contributed by atoms with Gasteiger partial charge >= 0.3 is 0 Å². The van der Waals surface area contributed by atoms with E-state index in [1.807, 2.05) is 12.1 Å². The van der Waals surface area contributed by atoms with Crippen molar-refractivity contribution in [1.82, 2.24) is 4.98 Å². The largest absolute Gasteiger partial charge is 0.490 e. The Labute approximate surface area is 87.3 Å². The van der Waals surface area contributed by atoms with Gasteiger partial charge in [0.05, 0.1) is 17.8 Å². The van der Waals surface area contributed by atoms with Crippen molar-refractivity contribution < 1.29 is 9.84 Å². The zero-order chi connectivity index (χ0) is 10.7. The average Bonchev–Trinajstić information content (AvgIpc) is 2.29. The Balaban J connectivity index is 2.51. The van der Waals surface area contributed by atoms with Crippen LogP contribution in [0.15, 0.2) is 30.5 Å². The molecule has 0 unspecified atom stereocenters. The van der Waals surface area contributed by atoms with Crippen molar-refractivity contribution in [3.05, 3.63) is 30.5 Å². The van der Waals surface area contributed by atoms with Gasteiger partial charge in [-0.25, -0.2) is 0 Å². The highest BCUT2D eigenvalue weighted by molar-refractivity contribution is 5.93. The van der Waals surface area contributed by atoms with Crippen LogP contribution in [0.2, 0.25) is 0 Å². The van der Waals surface area contributed by atoms with E-state index in [-0.39, 0.29) is 13.2 Å². The fraction of sp³-hybridized carbons (Fsp3) is 0.182. The SMILES string of the molecule is Nc1ccc(OCCO)c2cccnc12. The van der Waals surface area contributed by atoms with Crippen molar-refractivity contribution >= 4 is 16.6 Å². The summed E-state index contributed by atoms with van der Waals surface area (Å²) in [7, 11) is 0. The van der Waals surface area contributed by atoms with Crippen LogP contribution < -0.4 is 10.5 Å². The Morgan fingerprint density at radius 1 is 1.33 bits per heavy atom. The molecule has 0 aliphatic heterocycles. The maximum atomic E-state index is 8.69. The molecule has 15 heavy (non-hydrogen) atoms. The number of benzene rings is 1. The van der Waals surface area contributed by atoms with Crippen LogP contribution in [0.4, 0.5) is 5.69 Å². The van der Waals surface area contributed by atoms with Crippen molar-refractivity contribution in [1.29, 1.82) is 0 Å². The summed E-state index contributed by atoms with van der Waals surface area (Å²) in [5.74, 6) is 0.696. The smallest absolute Gasteiger partial charge is 0.128 e. The molecule has 1 aromatic carbocycles. The van der Waals surface area contributed by atoms with Gasteiger partial charge < -0.3 is 15.6 Å². The molecule has 0 fully saturated rings. The number of nitrogens with zero attached hydrogens (tertiary/aromatic N) is 1. The maximum absolute atomic E-state index is 8.69. The monoisotopic (exact) mass is 204 g/mol. The molecule has 3 N–H and O–H groups in total. The van der Waals surface area contributed by atoms with Gasteiger partial charge in [0.1, 0.15) is 12.4 Å². The summed E-state index contributed by atoms with van der Waals surface area (Å²) in [6, 6.07) is 7.26. The molecule has 0 saturated heterocycles. The van der Waals surface area contributed by atoms with Crippen LogP contribution in [0.1, 0.15) is 0 Å². The van der Waals surface area contributed by atoms with Crippen molar-refractivity contribution in [3.8, 4) is 5.75 Å². The molecule has 0 aliphatic rings. The molecule has 0 aliphatic carbocycles. The quantitative estimate of drug-likeness (QED) is 0.737. The van der Waals surface area contributed by atoms with Crippen molar-refractivity contribution in [3.63, 3.8) is 0 Å². The minimum Gasteiger partial charge on any atom is -0.490 e. The van der Waals surface area contributed by atoms with Crippen LogP contribution in [0.25, 0.3) is 10.9 Å². The van der Waals surface area contributed by atoms with E-state index in [1.54, 1.807) is 18.3 Å². The number of pyridine rings is 1. The number of ether oxygens (including phenoxy) is 1. The fourth-order valence-corrected chi connectivity index (χ4v) is 1.45. The third-order valence-electron chi connectivity index (χ3n) is 2.11. The molecule has 0 bridgehead atoms. The zero-order valence-electron chi connectivity index (χ0n) is 8.18. The highest BCUT2D eigenvalue weighted by atomic mass is 16.5. The number of nitrogen functional groups attached to an aromatic ring is 1. The lowest BCUT2D eigenvalue weighted by Gasteiger charge is -2.08. The lowest BCUT2D eigenvalue weighted by Crippen LogP contribution is -2.02. The molecule has 0 spiro atoms. The van der Waals surface area contributed by atoms with Gasteiger partial charge in [-0.15, -0.1) is 0 Å². The van der Waals surface area contributed by atoms with Gasteiger partial charge in [0.15, 0.2) is 0 Å². The molecule has 78 valence electrons. The molecular formula is C11H12N2O2. The van der Waals surface area contributed by atoms with Gasteiger partial charge in [-0.2, -0.15) is 0 Å². The maximum Gasteiger partial charge on any atom is 0.128 e. The van der Waals surface area contributed by atoms with Gasteiger partial charge in [0.25, 0.3) is 0 Å². The van der Waals surface area contributed by atoms with Crippen LogP contribution in [0, 0.1) is 0 Å². The van der Waals surface area contributed by atoms with Crippen LogP contribution in [0.3, 0.4) is 0 Å². The Kier molecular flexibility index (Phi) is 2.69. The van der Waals surface area contributed by atoms with E-state index in [9.17, 15) is 0 Å². The first-order chi connectivity index (χ1) is 7.33. The standard InChI is InChI=1S/C11H12N2O2/c12-9-3-4-10(15-7-6-14)8-2-1-5-13-11(8)9/h1-5,14H,6-7,12H2. The van der Waals surface area contributed by atoms with Crippen molar-refractivity contribution in [2.75, 3.05) is 18.9 Å². The first-order valence-corrected chi connectivity index (χ1v) is 4.70. The molecule has 4 heteroatoms. The number of hydrogen-bond donors (Lipinski definition) is 2. The normalized spacial score (nSPS) is 10.5. The summed E-state index contributed by atoms with van der Waals surface area (Å²) < 4.78 is 5.38. The number of aliphatic hydroxyl groups excluding tert-OH is 1. The van der Waals surface area contributed by atoms with Crippen LogP contribution >= 0.6 is 0 Å². The minimum absolute atomic E-state index is 0.00781. The van der Waals surface area contributed by atoms with E-state index in [1.165, 1.54) is 0 Å². The zero-order valence-corrected chi connectivity index (χ0v) is 8.18. The Bertz CT molecular complexity index is 471. The third-order valence-corrected chi connectivity index (χ3v) is 2.11. The molecule has 0 atom stereocenters. The van der Waals surface area contributed by atoms with Gasteiger partial charge in [0.2, 0.25) is 0 Å². The van der Waals surface area contributed by atoms with E-state index in [4.69, 9.17) is 15.6 Å². The topological polar surface area (TPSA) is 68.4 Å². The third kappa shape index (κ3) is 1.85.